The van der Waals surface area contributed by atoms with E-state index >= 15 is 0 Å². The molecule has 1 amide bonds. The van der Waals surface area contributed by atoms with Crippen molar-refractivity contribution in [3.05, 3.63) is 57.3 Å². The first-order chi connectivity index (χ1) is 8.97. The molecule has 0 atom stereocenters. The summed E-state index contributed by atoms with van der Waals surface area (Å²) in [5.74, 6) is -0.330. The minimum atomic E-state index is -0.330. The molecule has 0 spiro atoms. The number of benzene rings is 1. The van der Waals surface area contributed by atoms with E-state index < -0.39 is 0 Å². The third-order valence-electron chi connectivity index (χ3n) is 2.61. The molecule has 19 heavy (non-hydrogen) atoms. The molecule has 1 aromatic carbocycles. The molecule has 2 aromatic rings. The standard InChI is InChI=1S/C14H12Cl2N2O/c1-8-3-4-13(12(16)5-8)18-14(19)10-7-17-9(2)6-11(10)15/h3-7H,1-2H3,(H,18,19). The minimum Gasteiger partial charge on any atom is -0.321 e. The van der Waals surface area contributed by atoms with Crippen LogP contribution in [-0.4, -0.2) is 10.9 Å². The number of hydrogen-bond donors (Lipinski definition) is 1. The van der Waals surface area contributed by atoms with Crippen LogP contribution in [0.4, 0.5) is 5.69 Å². The summed E-state index contributed by atoms with van der Waals surface area (Å²) >= 11 is 12.1. The van der Waals surface area contributed by atoms with E-state index in [9.17, 15) is 4.79 Å². The first-order valence-electron chi connectivity index (χ1n) is 5.67. The molecule has 2 rings (SSSR count). The number of carbonyl (C=O) groups is 1. The zero-order valence-electron chi connectivity index (χ0n) is 10.5. The van der Waals surface area contributed by atoms with Gasteiger partial charge in [0.2, 0.25) is 0 Å². The Morgan fingerprint density at radius 1 is 1.16 bits per heavy atom. The first kappa shape index (κ1) is 13.8. The molecule has 98 valence electrons. The van der Waals surface area contributed by atoms with Crippen LogP contribution in [-0.2, 0) is 0 Å². The largest absolute Gasteiger partial charge is 0.321 e. The fourth-order valence-corrected chi connectivity index (χ4v) is 2.18. The lowest BCUT2D eigenvalue weighted by Gasteiger charge is -2.09. The Kier molecular flexibility index (Phi) is 4.08. The summed E-state index contributed by atoms with van der Waals surface area (Å²) in [5, 5.41) is 3.58. The number of halogens is 2. The number of hydrogen-bond acceptors (Lipinski definition) is 2. The summed E-state index contributed by atoms with van der Waals surface area (Å²) in [4.78, 5) is 16.2. The van der Waals surface area contributed by atoms with Crippen molar-refractivity contribution < 1.29 is 4.79 Å². The predicted octanol–water partition coefficient (Wildman–Crippen LogP) is 4.26. The highest BCUT2D eigenvalue weighted by Crippen LogP contribution is 2.24. The highest BCUT2D eigenvalue weighted by molar-refractivity contribution is 6.36. The van der Waals surface area contributed by atoms with Crippen molar-refractivity contribution in [1.82, 2.24) is 4.98 Å². The maximum atomic E-state index is 12.1. The fraction of sp³-hybridized carbons (Fsp3) is 0.143. The van der Waals surface area contributed by atoms with Gasteiger partial charge in [-0.2, -0.15) is 0 Å². The van der Waals surface area contributed by atoms with Crippen molar-refractivity contribution in [3.63, 3.8) is 0 Å². The third kappa shape index (κ3) is 3.25. The maximum Gasteiger partial charge on any atom is 0.258 e. The second kappa shape index (κ2) is 5.59. The van der Waals surface area contributed by atoms with Gasteiger partial charge < -0.3 is 5.32 Å². The van der Waals surface area contributed by atoms with Gasteiger partial charge in [0, 0.05) is 11.9 Å². The van der Waals surface area contributed by atoms with Crippen molar-refractivity contribution in [2.24, 2.45) is 0 Å². The lowest BCUT2D eigenvalue weighted by Crippen LogP contribution is -2.13. The van der Waals surface area contributed by atoms with Crippen LogP contribution in [0.2, 0.25) is 10.0 Å². The molecule has 0 aliphatic rings. The molecule has 0 saturated carbocycles. The topological polar surface area (TPSA) is 42.0 Å². The van der Waals surface area contributed by atoms with Crippen molar-refractivity contribution in [3.8, 4) is 0 Å². The van der Waals surface area contributed by atoms with Crippen LogP contribution in [0.3, 0.4) is 0 Å². The SMILES string of the molecule is Cc1ccc(NC(=O)c2cnc(C)cc2Cl)c(Cl)c1. The number of rotatable bonds is 2. The summed E-state index contributed by atoms with van der Waals surface area (Å²) in [6.07, 6.45) is 1.45. The van der Waals surface area contributed by atoms with Gasteiger partial charge in [0.25, 0.3) is 5.91 Å². The monoisotopic (exact) mass is 294 g/mol. The lowest BCUT2D eigenvalue weighted by molar-refractivity contribution is 0.102. The smallest absolute Gasteiger partial charge is 0.258 e. The van der Waals surface area contributed by atoms with Crippen molar-refractivity contribution in [2.75, 3.05) is 5.32 Å². The number of aromatic nitrogens is 1. The summed E-state index contributed by atoms with van der Waals surface area (Å²) < 4.78 is 0. The van der Waals surface area contributed by atoms with Gasteiger partial charge in [-0.05, 0) is 37.6 Å². The van der Waals surface area contributed by atoms with Gasteiger partial charge in [-0.15, -0.1) is 0 Å². The molecule has 1 aromatic heterocycles. The van der Waals surface area contributed by atoms with Gasteiger partial charge in [-0.1, -0.05) is 29.3 Å². The van der Waals surface area contributed by atoms with Crippen molar-refractivity contribution in [1.29, 1.82) is 0 Å². The molecule has 0 aliphatic carbocycles. The van der Waals surface area contributed by atoms with E-state index in [2.05, 4.69) is 10.3 Å². The van der Waals surface area contributed by atoms with E-state index in [4.69, 9.17) is 23.2 Å². The van der Waals surface area contributed by atoms with Crippen LogP contribution in [0.25, 0.3) is 0 Å². The average Bonchev–Trinajstić information content (AvgIpc) is 2.32. The van der Waals surface area contributed by atoms with Crippen LogP contribution in [0.15, 0.2) is 30.5 Å². The molecule has 0 radical (unpaired) electrons. The second-order valence-electron chi connectivity index (χ2n) is 4.24. The number of carbonyl (C=O) groups excluding carboxylic acids is 1. The highest BCUT2D eigenvalue weighted by Gasteiger charge is 2.12. The quantitative estimate of drug-likeness (QED) is 0.899. The Morgan fingerprint density at radius 3 is 2.53 bits per heavy atom. The fourth-order valence-electron chi connectivity index (χ4n) is 1.60. The minimum absolute atomic E-state index is 0.323. The zero-order valence-corrected chi connectivity index (χ0v) is 12.0. The van der Waals surface area contributed by atoms with Crippen LogP contribution in [0.1, 0.15) is 21.6 Å². The lowest BCUT2D eigenvalue weighted by atomic mass is 10.2. The van der Waals surface area contributed by atoms with Crippen molar-refractivity contribution >= 4 is 34.8 Å². The average molecular weight is 295 g/mol. The van der Waals surface area contributed by atoms with Gasteiger partial charge in [0.05, 0.1) is 21.3 Å². The molecule has 0 saturated heterocycles. The Hall–Kier alpha value is -1.58. The van der Waals surface area contributed by atoms with Crippen LogP contribution in [0, 0.1) is 13.8 Å². The number of nitrogens with zero attached hydrogens (tertiary/aromatic N) is 1. The second-order valence-corrected chi connectivity index (χ2v) is 5.06. The van der Waals surface area contributed by atoms with E-state index in [1.807, 2.05) is 19.9 Å². The van der Waals surface area contributed by atoms with Gasteiger partial charge in [0.1, 0.15) is 0 Å². The molecule has 0 fully saturated rings. The van der Waals surface area contributed by atoms with Crippen LogP contribution in [0.5, 0.6) is 0 Å². The molecule has 1 N–H and O–H groups in total. The number of amides is 1. The normalized spacial score (nSPS) is 10.3. The number of pyridine rings is 1. The van der Waals surface area contributed by atoms with Gasteiger partial charge in [0.15, 0.2) is 0 Å². The zero-order chi connectivity index (χ0) is 14.0. The predicted molar refractivity (Wildman–Crippen MR) is 78.1 cm³/mol. The molecular weight excluding hydrogens is 283 g/mol. The Balaban J connectivity index is 2.25. The first-order valence-corrected chi connectivity index (χ1v) is 6.42. The van der Waals surface area contributed by atoms with E-state index in [1.54, 1.807) is 18.2 Å². The summed E-state index contributed by atoms with van der Waals surface area (Å²) in [6.45, 7) is 3.74. The molecule has 5 heteroatoms. The van der Waals surface area contributed by atoms with Gasteiger partial charge in [-0.25, -0.2) is 0 Å². The van der Waals surface area contributed by atoms with E-state index in [0.29, 0.717) is 21.3 Å². The van der Waals surface area contributed by atoms with E-state index in [-0.39, 0.29) is 5.91 Å². The van der Waals surface area contributed by atoms with Gasteiger partial charge >= 0.3 is 0 Å². The number of aryl methyl sites for hydroxylation is 2. The third-order valence-corrected chi connectivity index (χ3v) is 3.23. The summed E-state index contributed by atoms with van der Waals surface area (Å²) in [5.41, 5.74) is 2.66. The molecule has 0 aliphatic heterocycles. The molecule has 0 bridgehead atoms. The molecular formula is C14H12Cl2N2O. The van der Waals surface area contributed by atoms with Gasteiger partial charge in [-0.3, -0.25) is 9.78 Å². The molecule has 0 unspecified atom stereocenters. The Morgan fingerprint density at radius 2 is 1.89 bits per heavy atom. The number of nitrogens with one attached hydrogen (secondary N) is 1. The summed E-state index contributed by atoms with van der Waals surface area (Å²) in [6, 6.07) is 7.06. The Labute approximate surface area is 121 Å². The number of anilines is 1. The molecule has 1 heterocycles. The van der Waals surface area contributed by atoms with Crippen LogP contribution >= 0.6 is 23.2 Å². The van der Waals surface area contributed by atoms with E-state index in [0.717, 1.165) is 11.3 Å². The summed E-state index contributed by atoms with van der Waals surface area (Å²) in [7, 11) is 0. The maximum absolute atomic E-state index is 12.1. The Bertz CT molecular complexity index is 641. The highest BCUT2D eigenvalue weighted by atomic mass is 35.5. The van der Waals surface area contributed by atoms with Crippen LogP contribution < -0.4 is 5.32 Å². The van der Waals surface area contributed by atoms with E-state index in [1.165, 1.54) is 6.20 Å². The molecule has 3 nitrogen and oxygen atoms in total. The van der Waals surface area contributed by atoms with Crippen molar-refractivity contribution in [2.45, 2.75) is 13.8 Å².